The van der Waals surface area contributed by atoms with Crippen LogP contribution >= 0.6 is 11.8 Å². The molecule has 1 fully saturated rings. The van der Waals surface area contributed by atoms with Gasteiger partial charge in [-0.25, -0.2) is 4.98 Å². The molecule has 12 heavy (non-hydrogen) atoms. The van der Waals surface area contributed by atoms with Crippen LogP contribution in [0.5, 0.6) is 0 Å². The minimum absolute atomic E-state index is 0.715. The molecular formula is C8H13N3S. The van der Waals surface area contributed by atoms with Gasteiger partial charge in [0.1, 0.15) is 5.82 Å². The lowest BCUT2D eigenvalue weighted by Crippen LogP contribution is -2.40. The molecule has 3 nitrogen and oxygen atoms in total. The summed E-state index contributed by atoms with van der Waals surface area (Å²) in [5.74, 6) is 3.63. The summed E-state index contributed by atoms with van der Waals surface area (Å²) < 4.78 is 2.05. The minimum Gasteiger partial charge on any atom is -0.337 e. The van der Waals surface area contributed by atoms with Crippen LogP contribution in [0.25, 0.3) is 0 Å². The zero-order valence-electron chi connectivity index (χ0n) is 7.16. The number of hydrogen-bond acceptors (Lipinski definition) is 3. The Morgan fingerprint density at radius 1 is 1.75 bits per heavy atom. The van der Waals surface area contributed by atoms with Gasteiger partial charge in [-0.05, 0) is 0 Å². The van der Waals surface area contributed by atoms with Gasteiger partial charge in [0.2, 0.25) is 0 Å². The summed E-state index contributed by atoms with van der Waals surface area (Å²) in [5.41, 5.74) is 0. The maximum Gasteiger partial charge on any atom is 0.122 e. The average Bonchev–Trinajstić information content (AvgIpc) is 2.33. The molecule has 1 aliphatic rings. The van der Waals surface area contributed by atoms with Gasteiger partial charge < -0.3 is 9.88 Å². The van der Waals surface area contributed by atoms with E-state index in [1.807, 2.05) is 31.2 Å². The normalized spacial score (nSPS) is 17.8. The molecule has 0 radical (unpaired) electrons. The Balaban J connectivity index is 1.82. The molecule has 4 heteroatoms. The van der Waals surface area contributed by atoms with Crippen LogP contribution in [0.2, 0.25) is 0 Å². The van der Waals surface area contributed by atoms with E-state index in [1.54, 1.807) is 0 Å². The summed E-state index contributed by atoms with van der Waals surface area (Å²) >= 11 is 2.00. The van der Waals surface area contributed by atoms with Gasteiger partial charge in [0.25, 0.3) is 0 Å². The van der Waals surface area contributed by atoms with E-state index >= 15 is 0 Å². The number of nitrogens with one attached hydrogen (secondary N) is 1. The second-order valence-electron chi connectivity index (χ2n) is 3.07. The van der Waals surface area contributed by atoms with Crippen molar-refractivity contribution in [1.82, 2.24) is 14.9 Å². The van der Waals surface area contributed by atoms with Crippen molar-refractivity contribution in [3.8, 4) is 0 Å². The van der Waals surface area contributed by atoms with Crippen LogP contribution in [0.1, 0.15) is 5.82 Å². The molecule has 66 valence electrons. The van der Waals surface area contributed by atoms with Crippen molar-refractivity contribution in [3.63, 3.8) is 0 Å². The number of rotatable bonds is 3. The maximum absolute atomic E-state index is 4.24. The molecule has 2 rings (SSSR count). The zero-order valence-corrected chi connectivity index (χ0v) is 7.97. The van der Waals surface area contributed by atoms with E-state index in [0.717, 1.165) is 12.4 Å². The summed E-state index contributed by atoms with van der Waals surface area (Å²) in [7, 11) is 2.03. The van der Waals surface area contributed by atoms with Crippen LogP contribution in [0.3, 0.4) is 0 Å². The van der Waals surface area contributed by atoms with Crippen LogP contribution in [0, 0.1) is 0 Å². The molecular weight excluding hydrogens is 170 g/mol. The Hall–Kier alpha value is -0.480. The molecule has 0 saturated carbocycles. The highest BCUT2D eigenvalue weighted by Crippen LogP contribution is 2.17. The van der Waals surface area contributed by atoms with Crippen molar-refractivity contribution in [1.29, 1.82) is 0 Å². The van der Waals surface area contributed by atoms with Crippen LogP contribution in [0.4, 0.5) is 0 Å². The van der Waals surface area contributed by atoms with Gasteiger partial charge in [-0.2, -0.15) is 11.8 Å². The van der Waals surface area contributed by atoms with Crippen LogP contribution in [-0.4, -0.2) is 27.1 Å². The lowest BCUT2D eigenvalue weighted by molar-refractivity contribution is 0.557. The monoisotopic (exact) mass is 183 g/mol. The van der Waals surface area contributed by atoms with E-state index in [-0.39, 0.29) is 0 Å². The van der Waals surface area contributed by atoms with E-state index in [1.165, 1.54) is 11.5 Å². The number of imidazole rings is 1. The predicted octanol–water partition coefficient (Wildman–Crippen LogP) is 0.625. The molecule has 1 saturated heterocycles. The molecule has 0 atom stereocenters. The molecule has 0 bridgehead atoms. The first kappa shape index (κ1) is 8.13. The van der Waals surface area contributed by atoms with Gasteiger partial charge in [-0.3, -0.25) is 0 Å². The molecule has 2 heterocycles. The van der Waals surface area contributed by atoms with Crippen LogP contribution < -0.4 is 5.32 Å². The smallest absolute Gasteiger partial charge is 0.122 e. The Labute approximate surface area is 76.6 Å². The summed E-state index contributed by atoms with van der Waals surface area (Å²) in [5, 5.41) is 3.46. The summed E-state index contributed by atoms with van der Waals surface area (Å²) in [6.45, 7) is 0.898. The van der Waals surface area contributed by atoms with Crippen molar-refractivity contribution in [3.05, 3.63) is 18.2 Å². The largest absolute Gasteiger partial charge is 0.337 e. The molecule has 0 amide bonds. The number of aryl methyl sites for hydroxylation is 1. The van der Waals surface area contributed by atoms with Crippen molar-refractivity contribution < 1.29 is 0 Å². The number of hydrogen-bond donors (Lipinski definition) is 1. The molecule has 0 spiro atoms. The van der Waals surface area contributed by atoms with Crippen LogP contribution in [-0.2, 0) is 13.6 Å². The highest BCUT2D eigenvalue weighted by molar-refractivity contribution is 8.00. The van der Waals surface area contributed by atoms with Gasteiger partial charge in [0.15, 0.2) is 0 Å². The Morgan fingerprint density at radius 2 is 2.58 bits per heavy atom. The van der Waals surface area contributed by atoms with Gasteiger partial charge in [-0.1, -0.05) is 0 Å². The number of thioether (sulfide) groups is 1. The van der Waals surface area contributed by atoms with E-state index in [4.69, 9.17) is 0 Å². The number of aromatic nitrogens is 2. The van der Waals surface area contributed by atoms with E-state index in [0.29, 0.717) is 6.04 Å². The van der Waals surface area contributed by atoms with Gasteiger partial charge in [0.05, 0.1) is 6.54 Å². The Bertz CT molecular complexity index is 255. The predicted molar refractivity (Wildman–Crippen MR) is 51.2 cm³/mol. The second kappa shape index (κ2) is 3.49. The van der Waals surface area contributed by atoms with Crippen molar-refractivity contribution in [2.45, 2.75) is 12.6 Å². The number of nitrogens with zero attached hydrogens (tertiary/aromatic N) is 2. The SMILES string of the molecule is Cn1ccnc1CNC1CSC1. The second-order valence-corrected chi connectivity index (χ2v) is 4.14. The summed E-state index contributed by atoms with van der Waals surface area (Å²) in [4.78, 5) is 4.24. The third-order valence-corrected chi connectivity index (χ3v) is 3.38. The molecule has 1 aliphatic heterocycles. The third-order valence-electron chi connectivity index (χ3n) is 2.11. The molecule has 1 N–H and O–H groups in total. The third kappa shape index (κ3) is 1.64. The minimum atomic E-state index is 0.715. The fourth-order valence-electron chi connectivity index (χ4n) is 1.16. The molecule has 1 aromatic heterocycles. The summed E-state index contributed by atoms with van der Waals surface area (Å²) in [6.07, 6.45) is 3.82. The molecule has 0 unspecified atom stereocenters. The highest BCUT2D eigenvalue weighted by Gasteiger charge is 2.17. The Morgan fingerprint density at radius 3 is 3.08 bits per heavy atom. The van der Waals surface area contributed by atoms with Gasteiger partial charge in [0, 0.05) is 37.0 Å². The topological polar surface area (TPSA) is 29.9 Å². The van der Waals surface area contributed by atoms with E-state index in [9.17, 15) is 0 Å². The van der Waals surface area contributed by atoms with E-state index < -0.39 is 0 Å². The Kier molecular flexibility index (Phi) is 2.37. The van der Waals surface area contributed by atoms with Crippen LogP contribution in [0.15, 0.2) is 12.4 Å². The maximum atomic E-state index is 4.24. The lowest BCUT2D eigenvalue weighted by Gasteiger charge is -2.25. The first-order valence-electron chi connectivity index (χ1n) is 4.13. The molecule has 1 aromatic rings. The lowest BCUT2D eigenvalue weighted by atomic mass is 10.3. The van der Waals surface area contributed by atoms with E-state index in [2.05, 4.69) is 14.9 Å². The van der Waals surface area contributed by atoms with Crippen molar-refractivity contribution in [2.75, 3.05) is 11.5 Å². The first-order valence-corrected chi connectivity index (χ1v) is 5.29. The first-order chi connectivity index (χ1) is 5.86. The standard InChI is InChI=1S/C8H13N3S/c1-11-3-2-9-8(11)4-10-7-5-12-6-7/h2-3,7,10H,4-6H2,1H3. The van der Waals surface area contributed by atoms with Gasteiger partial charge in [-0.15, -0.1) is 0 Å². The molecule has 0 aromatic carbocycles. The highest BCUT2D eigenvalue weighted by atomic mass is 32.2. The summed E-state index contributed by atoms with van der Waals surface area (Å²) in [6, 6.07) is 0.715. The van der Waals surface area contributed by atoms with Crippen molar-refractivity contribution >= 4 is 11.8 Å². The quantitative estimate of drug-likeness (QED) is 0.745. The van der Waals surface area contributed by atoms with Gasteiger partial charge >= 0.3 is 0 Å². The average molecular weight is 183 g/mol. The van der Waals surface area contributed by atoms with Crippen molar-refractivity contribution in [2.24, 2.45) is 7.05 Å². The fourth-order valence-corrected chi connectivity index (χ4v) is 1.86. The zero-order chi connectivity index (χ0) is 8.39. The fraction of sp³-hybridized carbons (Fsp3) is 0.625. The molecule has 0 aliphatic carbocycles.